The van der Waals surface area contributed by atoms with Gasteiger partial charge in [0.05, 0.1) is 0 Å². The molecule has 1 fully saturated rings. The SMILES string of the molecule is COC(OC)C(=O)c1ccc(C2CCC2)cc1. The maximum absolute atomic E-state index is 11.9. The molecule has 0 N–H and O–H groups in total. The Bertz CT molecular complexity index is 375. The number of benzene rings is 1. The minimum atomic E-state index is -0.801. The van der Waals surface area contributed by atoms with Crippen LogP contribution in [-0.2, 0) is 9.47 Å². The molecular weight excluding hydrogens is 216 g/mol. The van der Waals surface area contributed by atoms with Crippen LogP contribution in [0.15, 0.2) is 24.3 Å². The number of hydrogen-bond acceptors (Lipinski definition) is 3. The number of carbonyl (C=O) groups is 1. The lowest BCUT2D eigenvalue weighted by Gasteiger charge is -2.25. The quantitative estimate of drug-likeness (QED) is 0.580. The summed E-state index contributed by atoms with van der Waals surface area (Å²) in [5, 5.41) is 0. The first-order valence-electron chi connectivity index (χ1n) is 5.96. The zero-order chi connectivity index (χ0) is 12.3. The molecule has 3 heteroatoms. The highest BCUT2D eigenvalue weighted by molar-refractivity contribution is 5.98. The van der Waals surface area contributed by atoms with Crippen LogP contribution in [0, 0.1) is 0 Å². The Balaban J connectivity index is 2.08. The minimum Gasteiger partial charge on any atom is -0.349 e. The highest BCUT2D eigenvalue weighted by Crippen LogP contribution is 2.36. The van der Waals surface area contributed by atoms with Gasteiger partial charge in [0.2, 0.25) is 12.1 Å². The summed E-state index contributed by atoms with van der Waals surface area (Å²) in [6, 6.07) is 7.81. The van der Waals surface area contributed by atoms with Gasteiger partial charge in [0.1, 0.15) is 0 Å². The van der Waals surface area contributed by atoms with Gasteiger partial charge in [-0.1, -0.05) is 30.7 Å². The number of ether oxygens (including phenoxy) is 2. The van der Waals surface area contributed by atoms with Crippen molar-refractivity contribution in [1.82, 2.24) is 0 Å². The molecule has 0 radical (unpaired) electrons. The second kappa shape index (κ2) is 5.43. The van der Waals surface area contributed by atoms with Crippen LogP contribution in [0.5, 0.6) is 0 Å². The molecule has 1 aromatic carbocycles. The van der Waals surface area contributed by atoms with Gasteiger partial charge in [0.25, 0.3) is 0 Å². The molecule has 0 saturated heterocycles. The smallest absolute Gasteiger partial charge is 0.222 e. The second-order valence-electron chi connectivity index (χ2n) is 4.42. The summed E-state index contributed by atoms with van der Waals surface area (Å²) in [6.45, 7) is 0. The van der Waals surface area contributed by atoms with E-state index in [1.165, 1.54) is 39.0 Å². The summed E-state index contributed by atoms with van der Waals surface area (Å²) in [5.74, 6) is 0.565. The molecule has 0 unspecified atom stereocenters. The van der Waals surface area contributed by atoms with E-state index in [9.17, 15) is 4.79 Å². The molecule has 1 aliphatic carbocycles. The van der Waals surface area contributed by atoms with Crippen molar-refractivity contribution in [2.24, 2.45) is 0 Å². The first-order chi connectivity index (χ1) is 8.26. The van der Waals surface area contributed by atoms with E-state index in [0.29, 0.717) is 11.5 Å². The third-order valence-corrected chi connectivity index (χ3v) is 3.41. The van der Waals surface area contributed by atoms with Crippen LogP contribution >= 0.6 is 0 Å². The molecule has 3 nitrogen and oxygen atoms in total. The van der Waals surface area contributed by atoms with Crippen molar-refractivity contribution in [3.05, 3.63) is 35.4 Å². The summed E-state index contributed by atoms with van der Waals surface area (Å²) in [6.07, 6.45) is 3.06. The summed E-state index contributed by atoms with van der Waals surface area (Å²) in [4.78, 5) is 11.9. The molecule has 1 saturated carbocycles. The number of Topliss-reactive ketones (excluding diaryl/α,β-unsaturated/α-hetero) is 1. The Morgan fingerprint density at radius 3 is 2.18 bits per heavy atom. The van der Waals surface area contributed by atoms with E-state index in [1.54, 1.807) is 0 Å². The van der Waals surface area contributed by atoms with E-state index in [-0.39, 0.29) is 5.78 Å². The second-order valence-corrected chi connectivity index (χ2v) is 4.42. The Morgan fingerprint density at radius 2 is 1.76 bits per heavy atom. The summed E-state index contributed by atoms with van der Waals surface area (Å²) in [7, 11) is 2.93. The minimum absolute atomic E-state index is 0.129. The summed E-state index contributed by atoms with van der Waals surface area (Å²) >= 11 is 0. The molecule has 0 heterocycles. The molecular formula is C14H18O3. The van der Waals surface area contributed by atoms with Crippen LogP contribution in [0.3, 0.4) is 0 Å². The molecule has 17 heavy (non-hydrogen) atoms. The van der Waals surface area contributed by atoms with Crippen molar-refractivity contribution in [2.75, 3.05) is 14.2 Å². The number of ketones is 1. The van der Waals surface area contributed by atoms with Crippen molar-refractivity contribution in [3.8, 4) is 0 Å². The molecule has 1 aromatic rings. The van der Waals surface area contributed by atoms with Crippen LogP contribution in [0.25, 0.3) is 0 Å². The predicted octanol–water partition coefficient (Wildman–Crippen LogP) is 2.76. The lowest BCUT2D eigenvalue weighted by molar-refractivity contribution is -0.0742. The van der Waals surface area contributed by atoms with Crippen molar-refractivity contribution in [2.45, 2.75) is 31.5 Å². The predicted molar refractivity (Wildman–Crippen MR) is 65.2 cm³/mol. The normalized spacial score (nSPS) is 15.9. The standard InChI is InChI=1S/C14H18O3/c1-16-14(17-2)13(15)12-8-6-11(7-9-12)10-4-3-5-10/h6-10,14H,3-5H2,1-2H3. The molecule has 1 aliphatic rings. The van der Waals surface area contributed by atoms with Gasteiger partial charge < -0.3 is 9.47 Å². The number of hydrogen-bond donors (Lipinski definition) is 0. The van der Waals surface area contributed by atoms with E-state index >= 15 is 0 Å². The Labute approximate surface area is 102 Å². The van der Waals surface area contributed by atoms with Gasteiger partial charge in [-0.05, 0) is 24.3 Å². The zero-order valence-electron chi connectivity index (χ0n) is 10.3. The highest BCUT2D eigenvalue weighted by Gasteiger charge is 2.21. The fourth-order valence-corrected chi connectivity index (χ4v) is 2.11. The topological polar surface area (TPSA) is 35.5 Å². The molecule has 0 atom stereocenters. The molecule has 92 valence electrons. The number of rotatable bonds is 5. The maximum atomic E-state index is 11.9. The largest absolute Gasteiger partial charge is 0.349 e. The first-order valence-corrected chi connectivity index (χ1v) is 5.96. The van der Waals surface area contributed by atoms with Crippen molar-refractivity contribution in [3.63, 3.8) is 0 Å². The number of carbonyl (C=O) groups excluding carboxylic acids is 1. The van der Waals surface area contributed by atoms with E-state index in [1.807, 2.05) is 24.3 Å². The Kier molecular flexibility index (Phi) is 3.92. The molecule has 0 bridgehead atoms. The Morgan fingerprint density at radius 1 is 1.18 bits per heavy atom. The zero-order valence-corrected chi connectivity index (χ0v) is 10.3. The maximum Gasteiger partial charge on any atom is 0.222 e. The van der Waals surface area contributed by atoms with Gasteiger partial charge in [-0.25, -0.2) is 0 Å². The molecule has 0 spiro atoms. The van der Waals surface area contributed by atoms with Crippen LogP contribution in [-0.4, -0.2) is 26.3 Å². The Hall–Kier alpha value is -1.19. The van der Waals surface area contributed by atoms with Crippen LogP contribution in [0.1, 0.15) is 41.1 Å². The lowest BCUT2D eigenvalue weighted by Crippen LogP contribution is -2.24. The van der Waals surface area contributed by atoms with E-state index in [2.05, 4.69) is 0 Å². The summed E-state index contributed by atoms with van der Waals surface area (Å²) < 4.78 is 9.91. The molecule has 0 aliphatic heterocycles. The molecule has 0 amide bonds. The third-order valence-electron chi connectivity index (χ3n) is 3.41. The van der Waals surface area contributed by atoms with Crippen LogP contribution in [0.4, 0.5) is 0 Å². The van der Waals surface area contributed by atoms with Crippen LogP contribution < -0.4 is 0 Å². The van der Waals surface area contributed by atoms with E-state index < -0.39 is 6.29 Å². The average molecular weight is 234 g/mol. The van der Waals surface area contributed by atoms with Crippen molar-refractivity contribution in [1.29, 1.82) is 0 Å². The van der Waals surface area contributed by atoms with Gasteiger partial charge in [0.15, 0.2) is 0 Å². The van der Waals surface area contributed by atoms with Gasteiger partial charge in [-0.3, -0.25) is 4.79 Å². The summed E-state index contributed by atoms with van der Waals surface area (Å²) in [5.41, 5.74) is 1.97. The monoisotopic (exact) mass is 234 g/mol. The van der Waals surface area contributed by atoms with Gasteiger partial charge >= 0.3 is 0 Å². The van der Waals surface area contributed by atoms with E-state index in [0.717, 1.165) is 0 Å². The van der Waals surface area contributed by atoms with E-state index in [4.69, 9.17) is 9.47 Å². The van der Waals surface area contributed by atoms with Gasteiger partial charge in [-0.2, -0.15) is 0 Å². The fraction of sp³-hybridized carbons (Fsp3) is 0.500. The van der Waals surface area contributed by atoms with Crippen molar-refractivity contribution >= 4 is 5.78 Å². The fourth-order valence-electron chi connectivity index (χ4n) is 2.11. The number of methoxy groups -OCH3 is 2. The molecule has 0 aromatic heterocycles. The van der Waals surface area contributed by atoms with Gasteiger partial charge in [-0.15, -0.1) is 0 Å². The highest BCUT2D eigenvalue weighted by atomic mass is 16.7. The van der Waals surface area contributed by atoms with Crippen LogP contribution in [0.2, 0.25) is 0 Å². The third kappa shape index (κ3) is 2.56. The molecule has 2 rings (SSSR count). The first kappa shape index (κ1) is 12.3. The average Bonchev–Trinajstić information content (AvgIpc) is 2.29. The van der Waals surface area contributed by atoms with Crippen molar-refractivity contribution < 1.29 is 14.3 Å². The lowest BCUT2D eigenvalue weighted by atomic mass is 9.80. The van der Waals surface area contributed by atoms with Gasteiger partial charge in [0, 0.05) is 19.8 Å².